The number of phenols is 1. The van der Waals surface area contributed by atoms with Gasteiger partial charge in [0.05, 0.1) is 0 Å². The van der Waals surface area contributed by atoms with Gasteiger partial charge < -0.3 is 5.11 Å². The Hall–Kier alpha value is -1.31. The van der Waals surface area contributed by atoms with Gasteiger partial charge in [-0.1, -0.05) is 19.9 Å². The second kappa shape index (κ2) is 6.43. The molecule has 2 heteroatoms. The van der Waals surface area contributed by atoms with Gasteiger partial charge in [-0.25, -0.2) is 0 Å². The van der Waals surface area contributed by atoms with E-state index in [1.165, 1.54) is 5.56 Å². The van der Waals surface area contributed by atoms with Crippen LogP contribution in [-0.4, -0.2) is 10.9 Å². The smallest absolute Gasteiger partial charge is 0.132 e. The van der Waals surface area contributed by atoms with Gasteiger partial charge in [0.15, 0.2) is 0 Å². The van der Waals surface area contributed by atoms with E-state index in [1.54, 1.807) is 12.1 Å². The van der Waals surface area contributed by atoms with Gasteiger partial charge in [-0.2, -0.15) is 0 Å². The number of rotatable bonds is 6. The molecule has 1 N–H and O–H groups in total. The zero-order valence-electron chi connectivity index (χ0n) is 11.0. The lowest BCUT2D eigenvalue weighted by molar-refractivity contribution is -0.118. The summed E-state index contributed by atoms with van der Waals surface area (Å²) in [5, 5.41) is 9.39. The first-order valence-electron chi connectivity index (χ1n) is 6.39. The van der Waals surface area contributed by atoms with Crippen LogP contribution in [0.2, 0.25) is 0 Å². The highest BCUT2D eigenvalue weighted by Crippen LogP contribution is 2.29. The number of hydrogen-bond acceptors (Lipinski definition) is 2. The van der Waals surface area contributed by atoms with Crippen molar-refractivity contribution in [2.45, 2.75) is 52.4 Å². The molecule has 0 aliphatic heterocycles. The lowest BCUT2D eigenvalue weighted by Gasteiger charge is -2.17. The number of aromatic hydroxyl groups is 1. The number of carbonyl (C=O) groups is 1. The summed E-state index contributed by atoms with van der Waals surface area (Å²) in [6, 6.07) is 5.50. The van der Waals surface area contributed by atoms with Crippen molar-refractivity contribution < 1.29 is 9.90 Å². The summed E-state index contributed by atoms with van der Waals surface area (Å²) in [6.45, 7) is 6.07. The minimum Gasteiger partial charge on any atom is -0.508 e. The molecule has 0 saturated heterocycles. The number of benzene rings is 1. The predicted octanol–water partition coefficient (Wildman–Crippen LogP) is 3.95. The molecule has 1 rings (SSSR count). The van der Waals surface area contributed by atoms with Crippen LogP contribution in [-0.2, 0) is 4.79 Å². The molecular formula is C15H22O2. The Bertz CT molecular complexity index is 383. The summed E-state index contributed by atoms with van der Waals surface area (Å²) in [5.41, 5.74) is 2.37. The zero-order valence-corrected chi connectivity index (χ0v) is 11.0. The van der Waals surface area contributed by atoms with Crippen molar-refractivity contribution in [3.05, 3.63) is 29.3 Å². The third kappa shape index (κ3) is 3.88. The van der Waals surface area contributed by atoms with Crippen molar-refractivity contribution in [1.82, 2.24) is 0 Å². The van der Waals surface area contributed by atoms with E-state index in [4.69, 9.17) is 0 Å². The molecule has 94 valence electrons. The van der Waals surface area contributed by atoms with Crippen molar-refractivity contribution in [3.8, 4) is 5.75 Å². The normalized spacial score (nSPS) is 12.4. The Balaban J connectivity index is 2.75. The number of carbonyl (C=O) groups excluding carboxylic acids is 1. The highest BCUT2D eigenvalue weighted by Gasteiger charge is 2.13. The third-order valence-electron chi connectivity index (χ3n) is 3.35. The standard InChI is InChI=1S/C15H22O2/c1-4-12(6-7-13(16)5-2)15-9-8-14(17)10-11(15)3/h8-10,12,17H,4-7H2,1-3H3. The van der Waals surface area contributed by atoms with Crippen LogP contribution in [0.1, 0.15) is 56.6 Å². The van der Waals surface area contributed by atoms with Crippen molar-refractivity contribution in [3.63, 3.8) is 0 Å². The number of ketones is 1. The number of aryl methyl sites for hydroxylation is 1. The molecular weight excluding hydrogens is 212 g/mol. The molecule has 0 radical (unpaired) electrons. The summed E-state index contributed by atoms with van der Waals surface area (Å²) in [5.74, 6) is 1.07. The third-order valence-corrected chi connectivity index (χ3v) is 3.35. The Morgan fingerprint density at radius 2 is 2.06 bits per heavy atom. The van der Waals surface area contributed by atoms with Gasteiger partial charge in [0.2, 0.25) is 0 Å². The highest BCUT2D eigenvalue weighted by atomic mass is 16.3. The van der Waals surface area contributed by atoms with Crippen molar-refractivity contribution in [1.29, 1.82) is 0 Å². The number of phenolic OH excluding ortho intramolecular Hbond substituents is 1. The Kier molecular flexibility index (Phi) is 5.20. The van der Waals surface area contributed by atoms with E-state index in [-0.39, 0.29) is 0 Å². The van der Waals surface area contributed by atoms with Crippen LogP contribution in [0.25, 0.3) is 0 Å². The molecule has 1 aromatic rings. The Morgan fingerprint density at radius 3 is 2.59 bits per heavy atom. The van der Waals surface area contributed by atoms with Gasteiger partial charge in [0, 0.05) is 12.8 Å². The SMILES string of the molecule is CCC(=O)CCC(CC)c1ccc(O)cc1C. The summed E-state index contributed by atoms with van der Waals surface area (Å²) >= 11 is 0. The van der Waals surface area contributed by atoms with Crippen LogP contribution in [0.3, 0.4) is 0 Å². The molecule has 0 fully saturated rings. The molecule has 0 spiro atoms. The van der Waals surface area contributed by atoms with Gasteiger partial charge in [0.25, 0.3) is 0 Å². The van der Waals surface area contributed by atoms with E-state index >= 15 is 0 Å². The lowest BCUT2D eigenvalue weighted by Crippen LogP contribution is -2.04. The van der Waals surface area contributed by atoms with Crippen LogP contribution in [0, 0.1) is 6.92 Å². The maximum atomic E-state index is 11.4. The molecule has 0 aliphatic carbocycles. The maximum Gasteiger partial charge on any atom is 0.132 e. The van der Waals surface area contributed by atoms with E-state index in [1.807, 2.05) is 19.9 Å². The first kappa shape index (κ1) is 13.8. The first-order chi connectivity index (χ1) is 8.08. The topological polar surface area (TPSA) is 37.3 Å². The summed E-state index contributed by atoms with van der Waals surface area (Å²) in [7, 11) is 0. The van der Waals surface area contributed by atoms with E-state index in [0.717, 1.165) is 18.4 Å². The van der Waals surface area contributed by atoms with E-state index < -0.39 is 0 Å². The summed E-state index contributed by atoms with van der Waals surface area (Å²) in [6.07, 6.45) is 3.23. The molecule has 0 saturated carbocycles. The van der Waals surface area contributed by atoms with Crippen molar-refractivity contribution in [2.24, 2.45) is 0 Å². The van der Waals surface area contributed by atoms with Gasteiger partial charge in [0.1, 0.15) is 11.5 Å². The minimum absolute atomic E-state index is 0.311. The molecule has 0 aromatic heterocycles. The molecule has 0 amide bonds. The summed E-state index contributed by atoms with van der Waals surface area (Å²) in [4.78, 5) is 11.4. The molecule has 0 heterocycles. The minimum atomic E-state index is 0.311. The second-order valence-corrected chi connectivity index (χ2v) is 4.58. The fourth-order valence-corrected chi connectivity index (χ4v) is 2.21. The Morgan fingerprint density at radius 1 is 1.35 bits per heavy atom. The van der Waals surface area contributed by atoms with Crippen LogP contribution in [0.4, 0.5) is 0 Å². The fraction of sp³-hybridized carbons (Fsp3) is 0.533. The lowest BCUT2D eigenvalue weighted by atomic mass is 9.88. The first-order valence-corrected chi connectivity index (χ1v) is 6.39. The average molecular weight is 234 g/mol. The molecule has 0 bridgehead atoms. The number of hydrogen-bond donors (Lipinski definition) is 1. The molecule has 2 nitrogen and oxygen atoms in total. The zero-order chi connectivity index (χ0) is 12.8. The average Bonchev–Trinajstić information content (AvgIpc) is 2.31. The van der Waals surface area contributed by atoms with Crippen LogP contribution in [0.15, 0.2) is 18.2 Å². The van der Waals surface area contributed by atoms with E-state index in [2.05, 4.69) is 6.92 Å². The Labute approximate surface area is 104 Å². The van der Waals surface area contributed by atoms with Crippen LogP contribution < -0.4 is 0 Å². The number of Topliss-reactive ketones (excluding diaryl/α,β-unsaturated/α-hetero) is 1. The van der Waals surface area contributed by atoms with Crippen LogP contribution in [0.5, 0.6) is 5.75 Å². The van der Waals surface area contributed by atoms with E-state index in [9.17, 15) is 9.90 Å². The van der Waals surface area contributed by atoms with E-state index in [0.29, 0.717) is 30.3 Å². The quantitative estimate of drug-likeness (QED) is 0.809. The second-order valence-electron chi connectivity index (χ2n) is 4.58. The van der Waals surface area contributed by atoms with Gasteiger partial charge in [-0.3, -0.25) is 4.79 Å². The van der Waals surface area contributed by atoms with Crippen molar-refractivity contribution in [2.75, 3.05) is 0 Å². The van der Waals surface area contributed by atoms with Crippen molar-refractivity contribution >= 4 is 5.78 Å². The maximum absolute atomic E-state index is 11.4. The largest absolute Gasteiger partial charge is 0.508 e. The fourth-order valence-electron chi connectivity index (χ4n) is 2.21. The highest BCUT2D eigenvalue weighted by molar-refractivity contribution is 5.78. The molecule has 1 aromatic carbocycles. The van der Waals surface area contributed by atoms with Gasteiger partial charge in [-0.15, -0.1) is 0 Å². The summed E-state index contributed by atoms with van der Waals surface area (Å²) < 4.78 is 0. The van der Waals surface area contributed by atoms with Gasteiger partial charge >= 0.3 is 0 Å². The molecule has 1 atom stereocenters. The van der Waals surface area contributed by atoms with Gasteiger partial charge in [-0.05, 0) is 48.9 Å². The monoisotopic (exact) mass is 234 g/mol. The predicted molar refractivity (Wildman–Crippen MR) is 70.4 cm³/mol. The molecule has 17 heavy (non-hydrogen) atoms. The van der Waals surface area contributed by atoms with Crippen LogP contribution >= 0.6 is 0 Å². The molecule has 0 aliphatic rings. The molecule has 1 unspecified atom stereocenters.